The zero-order chi connectivity index (χ0) is 16.8. The van der Waals surface area contributed by atoms with Crippen molar-refractivity contribution in [1.82, 2.24) is 19.4 Å². The molecule has 0 radical (unpaired) electrons. The third-order valence-electron chi connectivity index (χ3n) is 4.83. The highest BCUT2D eigenvalue weighted by molar-refractivity contribution is 5.99. The fourth-order valence-electron chi connectivity index (χ4n) is 3.38. The van der Waals surface area contributed by atoms with Crippen molar-refractivity contribution < 1.29 is 4.79 Å². The first kappa shape index (κ1) is 14.9. The molecule has 0 aliphatic carbocycles. The van der Waals surface area contributed by atoms with Crippen LogP contribution in [0.4, 0.5) is 0 Å². The van der Waals surface area contributed by atoms with Gasteiger partial charge in [-0.15, -0.1) is 0 Å². The molecular weight excluding hydrogens is 300 g/mol. The van der Waals surface area contributed by atoms with Gasteiger partial charge in [0, 0.05) is 42.7 Å². The second kappa shape index (κ2) is 5.44. The van der Waals surface area contributed by atoms with Gasteiger partial charge in [0.05, 0.1) is 12.2 Å². The quantitative estimate of drug-likeness (QED) is 0.729. The van der Waals surface area contributed by atoms with Crippen molar-refractivity contribution in [3.05, 3.63) is 58.8 Å². The maximum absolute atomic E-state index is 13.0. The summed E-state index contributed by atoms with van der Waals surface area (Å²) in [5.74, 6) is 0.882. The standard InChI is InChI=1S/C19H20N4O/c1-4-18-20-9-13-10-23(11-15(13)21-18)19(24)17-8-14-12(2)6-5-7-16(14)22(17)3/h5-9H,4,10-11H2,1-3H3. The Morgan fingerprint density at radius 2 is 2.12 bits per heavy atom. The summed E-state index contributed by atoms with van der Waals surface area (Å²) in [6, 6.07) is 8.15. The van der Waals surface area contributed by atoms with Gasteiger partial charge in [0.1, 0.15) is 11.5 Å². The van der Waals surface area contributed by atoms with Gasteiger partial charge in [-0.3, -0.25) is 4.79 Å². The Balaban J connectivity index is 1.68. The second-order valence-electron chi connectivity index (χ2n) is 6.37. The lowest BCUT2D eigenvalue weighted by Gasteiger charge is -2.15. The monoisotopic (exact) mass is 320 g/mol. The van der Waals surface area contributed by atoms with Gasteiger partial charge in [-0.25, -0.2) is 9.97 Å². The number of amides is 1. The van der Waals surface area contributed by atoms with E-state index in [1.165, 1.54) is 5.56 Å². The van der Waals surface area contributed by atoms with Crippen LogP contribution in [-0.2, 0) is 26.6 Å². The second-order valence-corrected chi connectivity index (χ2v) is 6.37. The van der Waals surface area contributed by atoms with Gasteiger partial charge in [0.2, 0.25) is 0 Å². The number of rotatable bonds is 2. The summed E-state index contributed by atoms with van der Waals surface area (Å²) in [4.78, 5) is 23.8. The smallest absolute Gasteiger partial charge is 0.271 e. The van der Waals surface area contributed by atoms with E-state index in [1.54, 1.807) is 0 Å². The topological polar surface area (TPSA) is 51.0 Å². The normalized spacial score (nSPS) is 13.5. The van der Waals surface area contributed by atoms with Crippen LogP contribution in [0.1, 0.15) is 40.1 Å². The van der Waals surface area contributed by atoms with Crippen LogP contribution < -0.4 is 0 Å². The zero-order valence-corrected chi connectivity index (χ0v) is 14.2. The fraction of sp³-hybridized carbons (Fsp3) is 0.316. The summed E-state index contributed by atoms with van der Waals surface area (Å²) in [6.07, 6.45) is 2.67. The van der Waals surface area contributed by atoms with Gasteiger partial charge < -0.3 is 9.47 Å². The van der Waals surface area contributed by atoms with Crippen molar-refractivity contribution in [3.63, 3.8) is 0 Å². The Kier molecular flexibility index (Phi) is 3.37. The lowest BCUT2D eigenvalue weighted by molar-refractivity contribution is 0.0741. The van der Waals surface area contributed by atoms with Gasteiger partial charge in [0.15, 0.2) is 0 Å². The molecule has 0 fully saturated rings. The van der Waals surface area contributed by atoms with Crippen LogP contribution in [0.2, 0.25) is 0 Å². The SMILES string of the molecule is CCc1ncc2c(n1)CN(C(=O)c1cc3c(C)cccc3n1C)C2. The molecule has 24 heavy (non-hydrogen) atoms. The highest BCUT2D eigenvalue weighted by Gasteiger charge is 2.28. The predicted molar refractivity (Wildman–Crippen MR) is 92.6 cm³/mol. The van der Waals surface area contributed by atoms with E-state index in [4.69, 9.17) is 0 Å². The third-order valence-corrected chi connectivity index (χ3v) is 4.83. The molecule has 0 bridgehead atoms. The molecule has 1 aliphatic rings. The Hall–Kier alpha value is -2.69. The number of nitrogens with zero attached hydrogens (tertiary/aromatic N) is 4. The first-order valence-electron chi connectivity index (χ1n) is 8.26. The number of carbonyl (C=O) groups is 1. The Bertz CT molecular complexity index is 957. The van der Waals surface area contributed by atoms with Crippen molar-refractivity contribution in [1.29, 1.82) is 0 Å². The number of fused-ring (bicyclic) bond motifs is 2. The van der Waals surface area contributed by atoms with E-state index in [2.05, 4.69) is 29.0 Å². The van der Waals surface area contributed by atoms with E-state index in [1.807, 2.05) is 41.8 Å². The maximum atomic E-state index is 13.0. The summed E-state index contributed by atoms with van der Waals surface area (Å²) in [5.41, 5.74) is 5.02. The summed E-state index contributed by atoms with van der Waals surface area (Å²) in [5, 5.41) is 1.13. The first-order chi connectivity index (χ1) is 11.6. The molecule has 1 amide bonds. The number of hydrogen-bond acceptors (Lipinski definition) is 3. The van der Waals surface area contributed by atoms with Crippen LogP contribution in [0.15, 0.2) is 30.5 Å². The Labute approximate surface area is 140 Å². The van der Waals surface area contributed by atoms with E-state index >= 15 is 0 Å². The van der Waals surface area contributed by atoms with E-state index < -0.39 is 0 Å². The molecule has 5 nitrogen and oxygen atoms in total. The predicted octanol–water partition coefficient (Wildman–Crippen LogP) is 3.00. The van der Waals surface area contributed by atoms with Crippen LogP contribution in [0, 0.1) is 6.92 Å². The highest BCUT2D eigenvalue weighted by atomic mass is 16.2. The first-order valence-corrected chi connectivity index (χ1v) is 8.26. The zero-order valence-electron chi connectivity index (χ0n) is 14.2. The summed E-state index contributed by atoms with van der Waals surface area (Å²) in [7, 11) is 1.95. The number of hydrogen-bond donors (Lipinski definition) is 0. The Morgan fingerprint density at radius 3 is 2.88 bits per heavy atom. The fourth-order valence-corrected chi connectivity index (χ4v) is 3.38. The van der Waals surface area contributed by atoms with Gasteiger partial charge in [0.25, 0.3) is 5.91 Å². The largest absolute Gasteiger partial charge is 0.340 e. The van der Waals surface area contributed by atoms with Crippen LogP contribution in [0.3, 0.4) is 0 Å². The minimum atomic E-state index is 0.0455. The third kappa shape index (κ3) is 2.19. The number of carbonyl (C=O) groups excluding carboxylic acids is 1. The molecule has 0 saturated carbocycles. The van der Waals surface area contributed by atoms with Crippen LogP contribution >= 0.6 is 0 Å². The number of aromatic nitrogens is 3. The van der Waals surface area contributed by atoms with Crippen molar-refractivity contribution in [2.75, 3.05) is 0 Å². The lowest BCUT2D eigenvalue weighted by Crippen LogP contribution is -2.27. The van der Waals surface area contributed by atoms with Crippen LogP contribution in [-0.4, -0.2) is 25.3 Å². The molecular formula is C19H20N4O. The molecule has 0 saturated heterocycles. The average Bonchev–Trinajstić information content (AvgIpc) is 3.16. The van der Waals surface area contributed by atoms with E-state index in [0.717, 1.165) is 40.1 Å². The van der Waals surface area contributed by atoms with Crippen molar-refractivity contribution >= 4 is 16.8 Å². The maximum Gasteiger partial charge on any atom is 0.271 e. The molecule has 0 N–H and O–H groups in total. The molecule has 3 heterocycles. The molecule has 2 aromatic heterocycles. The average molecular weight is 320 g/mol. The van der Waals surface area contributed by atoms with Gasteiger partial charge in [-0.1, -0.05) is 19.1 Å². The number of benzene rings is 1. The lowest BCUT2D eigenvalue weighted by atomic mass is 10.1. The molecule has 122 valence electrons. The minimum Gasteiger partial charge on any atom is -0.340 e. The molecule has 0 spiro atoms. The minimum absolute atomic E-state index is 0.0455. The van der Waals surface area contributed by atoms with Crippen molar-refractivity contribution in [3.8, 4) is 0 Å². The highest BCUT2D eigenvalue weighted by Crippen LogP contribution is 2.26. The van der Waals surface area contributed by atoms with E-state index in [-0.39, 0.29) is 5.91 Å². The molecule has 5 heteroatoms. The van der Waals surface area contributed by atoms with Crippen molar-refractivity contribution in [2.45, 2.75) is 33.4 Å². The van der Waals surface area contributed by atoms with E-state index in [9.17, 15) is 4.79 Å². The van der Waals surface area contributed by atoms with E-state index in [0.29, 0.717) is 13.1 Å². The summed E-state index contributed by atoms with van der Waals surface area (Å²) < 4.78 is 1.98. The molecule has 4 rings (SSSR count). The number of aryl methyl sites for hydroxylation is 3. The Morgan fingerprint density at radius 1 is 1.29 bits per heavy atom. The van der Waals surface area contributed by atoms with Gasteiger partial charge in [-0.05, 0) is 24.6 Å². The summed E-state index contributed by atoms with van der Waals surface area (Å²) in [6.45, 7) is 5.25. The van der Waals surface area contributed by atoms with Gasteiger partial charge >= 0.3 is 0 Å². The van der Waals surface area contributed by atoms with Crippen LogP contribution in [0.25, 0.3) is 10.9 Å². The molecule has 1 aliphatic heterocycles. The molecule has 3 aromatic rings. The van der Waals surface area contributed by atoms with Crippen molar-refractivity contribution in [2.24, 2.45) is 7.05 Å². The molecule has 1 aromatic carbocycles. The van der Waals surface area contributed by atoms with Gasteiger partial charge in [-0.2, -0.15) is 0 Å². The molecule has 0 atom stereocenters. The van der Waals surface area contributed by atoms with Crippen LogP contribution in [0.5, 0.6) is 0 Å². The molecule has 0 unspecified atom stereocenters. The summed E-state index contributed by atoms with van der Waals surface area (Å²) >= 11 is 0.